The van der Waals surface area contributed by atoms with Gasteiger partial charge in [-0.25, -0.2) is 5.43 Å². The summed E-state index contributed by atoms with van der Waals surface area (Å²) >= 11 is 19.4. The van der Waals surface area contributed by atoms with E-state index < -0.39 is 0 Å². The number of thioether (sulfide) groups is 1. The van der Waals surface area contributed by atoms with Crippen LogP contribution in [-0.2, 0) is 4.79 Å². The van der Waals surface area contributed by atoms with Crippen molar-refractivity contribution >= 4 is 58.7 Å². The Bertz CT molecular complexity index is 1380. The van der Waals surface area contributed by atoms with Crippen LogP contribution in [0.5, 0.6) is 5.75 Å². The number of hydrogen-bond acceptors (Lipinski definition) is 6. The maximum atomic E-state index is 12.4. The van der Waals surface area contributed by atoms with Crippen molar-refractivity contribution in [2.75, 3.05) is 12.4 Å². The molecule has 1 heterocycles. The average molecular weight is 561 g/mol. The van der Waals surface area contributed by atoms with Crippen LogP contribution in [0.4, 0.5) is 0 Å². The van der Waals surface area contributed by atoms with E-state index in [0.717, 1.165) is 17.0 Å². The van der Waals surface area contributed by atoms with Gasteiger partial charge >= 0.3 is 0 Å². The monoisotopic (exact) mass is 559 g/mol. The number of nitrogens with zero attached hydrogens (tertiary/aromatic N) is 4. The Morgan fingerprint density at radius 2 is 1.81 bits per heavy atom. The van der Waals surface area contributed by atoms with Gasteiger partial charge in [0.05, 0.1) is 28.6 Å². The van der Waals surface area contributed by atoms with Crippen LogP contribution in [0.3, 0.4) is 0 Å². The minimum absolute atomic E-state index is 0.0659. The highest BCUT2D eigenvalue weighted by atomic mass is 35.5. The van der Waals surface area contributed by atoms with E-state index in [2.05, 4.69) is 20.7 Å². The van der Waals surface area contributed by atoms with Gasteiger partial charge in [-0.1, -0.05) is 58.7 Å². The Labute approximate surface area is 227 Å². The number of carbonyl (C=O) groups is 1. The van der Waals surface area contributed by atoms with Crippen molar-refractivity contribution < 1.29 is 9.53 Å². The van der Waals surface area contributed by atoms with Crippen LogP contribution < -0.4 is 10.2 Å². The maximum Gasteiger partial charge on any atom is 0.250 e. The molecule has 0 fully saturated rings. The maximum absolute atomic E-state index is 12.4. The van der Waals surface area contributed by atoms with E-state index in [-0.39, 0.29) is 11.7 Å². The van der Waals surface area contributed by atoms with Gasteiger partial charge in [-0.05, 0) is 61.5 Å². The van der Waals surface area contributed by atoms with Crippen LogP contribution in [0.1, 0.15) is 12.5 Å². The lowest BCUT2D eigenvalue weighted by atomic mass is 10.2. The smallest absolute Gasteiger partial charge is 0.250 e. The molecule has 0 spiro atoms. The molecule has 7 nitrogen and oxygen atoms in total. The summed E-state index contributed by atoms with van der Waals surface area (Å²) in [4.78, 5) is 12.4. The van der Waals surface area contributed by atoms with Gasteiger partial charge in [0.25, 0.3) is 5.91 Å². The average Bonchev–Trinajstić information content (AvgIpc) is 3.30. The zero-order chi connectivity index (χ0) is 25.5. The van der Waals surface area contributed by atoms with Crippen LogP contribution in [0.2, 0.25) is 15.1 Å². The zero-order valence-electron chi connectivity index (χ0n) is 19.0. The van der Waals surface area contributed by atoms with E-state index in [1.54, 1.807) is 30.3 Å². The molecule has 0 aliphatic carbocycles. The minimum Gasteiger partial charge on any atom is -0.494 e. The van der Waals surface area contributed by atoms with Crippen molar-refractivity contribution in [1.29, 1.82) is 0 Å². The second kappa shape index (κ2) is 12.3. The topological polar surface area (TPSA) is 81.4 Å². The summed E-state index contributed by atoms with van der Waals surface area (Å²) in [5.41, 5.74) is 4.75. The number of nitrogens with one attached hydrogen (secondary N) is 1. The molecule has 4 rings (SSSR count). The molecular formula is C25H20Cl3N5O2S. The van der Waals surface area contributed by atoms with Gasteiger partial charge < -0.3 is 4.74 Å². The molecule has 4 aromatic rings. The van der Waals surface area contributed by atoms with Crippen molar-refractivity contribution in [3.05, 3.63) is 87.4 Å². The third-order valence-electron chi connectivity index (χ3n) is 4.85. The lowest BCUT2D eigenvalue weighted by molar-refractivity contribution is -0.118. The Hall–Kier alpha value is -3.04. The normalized spacial score (nSPS) is 11.1. The lowest BCUT2D eigenvalue weighted by Crippen LogP contribution is -2.20. The van der Waals surface area contributed by atoms with Crippen molar-refractivity contribution in [2.45, 2.75) is 12.1 Å². The number of amides is 1. The van der Waals surface area contributed by atoms with Crippen molar-refractivity contribution in [3.63, 3.8) is 0 Å². The molecule has 1 amide bonds. The molecule has 0 radical (unpaired) electrons. The first kappa shape index (κ1) is 26.0. The molecule has 36 heavy (non-hydrogen) atoms. The molecule has 3 aromatic carbocycles. The molecule has 0 saturated carbocycles. The van der Waals surface area contributed by atoms with E-state index >= 15 is 0 Å². The van der Waals surface area contributed by atoms with Gasteiger partial charge in [-0.15, -0.1) is 10.2 Å². The fraction of sp³-hybridized carbons (Fsp3) is 0.120. The molecule has 11 heteroatoms. The number of ether oxygens (including phenoxy) is 1. The third-order valence-corrected chi connectivity index (χ3v) is 6.86. The number of benzene rings is 3. The van der Waals surface area contributed by atoms with Crippen LogP contribution in [0.15, 0.2) is 77.0 Å². The largest absolute Gasteiger partial charge is 0.494 e. The highest BCUT2D eigenvalue weighted by molar-refractivity contribution is 7.99. The van der Waals surface area contributed by atoms with Gasteiger partial charge in [0.15, 0.2) is 11.0 Å². The van der Waals surface area contributed by atoms with E-state index in [0.29, 0.717) is 38.2 Å². The molecule has 1 N–H and O–H groups in total. The van der Waals surface area contributed by atoms with Crippen LogP contribution >= 0.6 is 46.6 Å². The first-order valence-corrected chi connectivity index (χ1v) is 12.9. The first-order valence-electron chi connectivity index (χ1n) is 10.8. The highest BCUT2D eigenvalue weighted by Crippen LogP contribution is 2.29. The molecular weight excluding hydrogens is 541 g/mol. The van der Waals surface area contributed by atoms with Crippen LogP contribution in [-0.4, -0.2) is 39.2 Å². The van der Waals surface area contributed by atoms with E-state index in [1.807, 2.05) is 47.9 Å². The summed E-state index contributed by atoms with van der Waals surface area (Å²) in [7, 11) is 0. The lowest BCUT2D eigenvalue weighted by Gasteiger charge is -2.11. The van der Waals surface area contributed by atoms with Gasteiger partial charge in [-0.2, -0.15) is 5.10 Å². The van der Waals surface area contributed by atoms with Gasteiger partial charge in [0, 0.05) is 21.8 Å². The fourth-order valence-corrected chi connectivity index (χ4v) is 4.42. The quantitative estimate of drug-likeness (QED) is 0.143. The second-order valence-electron chi connectivity index (χ2n) is 7.30. The van der Waals surface area contributed by atoms with Crippen molar-refractivity contribution in [3.8, 4) is 22.8 Å². The molecule has 1 aromatic heterocycles. The van der Waals surface area contributed by atoms with Crippen LogP contribution in [0.25, 0.3) is 17.1 Å². The van der Waals surface area contributed by atoms with E-state index in [4.69, 9.17) is 39.5 Å². The van der Waals surface area contributed by atoms with Gasteiger partial charge in [-0.3, -0.25) is 9.36 Å². The minimum atomic E-state index is -0.316. The number of hydrazone groups is 1. The highest BCUT2D eigenvalue weighted by Gasteiger charge is 2.17. The summed E-state index contributed by atoms with van der Waals surface area (Å²) in [6, 6.07) is 20.1. The number of halogens is 3. The Morgan fingerprint density at radius 1 is 1.06 bits per heavy atom. The summed E-state index contributed by atoms with van der Waals surface area (Å²) < 4.78 is 7.44. The van der Waals surface area contributed by atoms with Gasteiger partial charge in [0.1, 0.15) is 5.75 Å². The summed E-state index contributed by atoms with van der Waals surface area (Å²) in [6.45, 7) is 2.50. The number of hydrogen-bond donors (Lipinski definition) is 1. The summed E-state index contributed by atoms with van der Waals surface area (Å²) in [5, 5.41) is 14.6. The second-order valence-corrected chi connectivity index (χ2v) is 9.46. The van der Waals surface area contributed by atoms with E-state index in [1.165, 1.54) is 18.0 Å². The molecule has 0 aliphatic rings. The predicted octanol–water partition coefficient (Wildman–Crippen LogP) is 6.54. The van der Waals surface area contributed by atoms with E-state index in [9.17, 15) is 4.79 Å². The Kier molecular flexibility index (Phi) is 8.88. The molecule has 0 bridgehead atoms. The molecule has 0 aliphatic heterocycles. The molecule has 184 valence electrons. The standard InChI is InChI=1S/C25H20Cl3N5O2S/c1-2-35-20-12-10-19(11-13-20)33-24(16-6-8-18(26)9-7-16)31-32-25(33)36-15-22(34)30-29-14-17-4-3-5-21(27)23(17)28/h3-14H,2,15H2,1H3,(H,30,34). The van der Waals surface area contributed by atoms with Crippen molar-refractivity contribution in [1.82, 2.24) is 20.2 Å². The number of carbonyl (C=O) groups excluding carboxylic acids is 1. The zero-order valence-corrected chi connectivity index (χ0v) is 22.1. The fourth-order valence-electron chi connectivity index (χ4n) is 3.20. The first-order chi connectivity index (χ1) is 17.5. The summed E-state index contributed by atoms with van der Waals surface area (Å²) in [6.07, 6.45) is 1.44. The van der Waals surface area contributed by atoms with Crippen molar-refractivity contribution in [2.24, 2.45) is 5.10 Å². The SMILES string of the molecule is CCOc1ccc(-n2c(SCC(=O)NN=Cc3cccc(Cl)c3Cl)nnc2-c2ccc(Cl)cc2)cc1. The Morgan fingerprint density at radius 3 is 2.53 bits per heavy atom. The Balaban J connectivity index is 1.52. The van der Waals surface area contributed by atoms with Gasteiger partial charge in [0.2, 0.25) is 0 Å². The summed E-state index contributed by atoms with van der Waals surface area (Å²) in [5.74, 6) is 1.13. The third kappa shape index (κ3) is 6.39. The van der Waals surface area contributed by atoms with Crippen LogP contribution in [0, 0.1) is 0 Å². The molecule has 0 unspecified atom stereocenters. The molecule has 0 atom stereocenters. The molecule has 0 saturated heterocycles. The number of aromatic nitrogens is 3. The predicted molar refractivity (Wildman–Crippen MR) is 146 cm³/mol. The number of rotatable bonds is 9.